The van der Waals surface area contributed by atoms with E-state index in [0.717, 1.165) is 38.4 Å². The SMILES string of the molecule is COCCNCc1cn(CCc2ccnn2C)nc1C. The molecule has 2 heterocycles. The van der Waals surface area contributed by atoms with Gasteiger partial charge in [-0.15, -0.1) is 0 Å². The standard InChI is InChI=1S/C14H23N5O/c1-12-13(10-15-7-9-20-3)11-19(17-12)8-5-14-4-6-16-18(14)2/h4,6,11,15H,5,7-10H2,1-3H3. The van der Waals surface area contributed by atoms with Gasteiger partial charge in [0.2, 0.25) is 0 Å². The van der Waals surface area contributed by atoms with Crippen LogP contribution in [0, 0.1) is 6.92 Å². The van der Waals surface area contributed by atoms with Gasteiger partial charge in [0.25, 0.3) is 0 Å². The fourth-order valence-corrected chi connectivity index (χ4v) is 2.12. The molecule has 0 aromatic carbocycles. The van der Waals surface area contributed by atoms with E-state index >= 15 is 0 Å². The average Bonchev–Trinajstić information content (AvgIpc) is 2.99. The molecule has 0 saturated carbocycles. The summed E-state index contributed by atoms with van der Waals surface area (Å²) in [6, 6.07) is 2.05. The van der Waals surface area contributed by atoms with Gasteiger partial charge in [-0.25, -0.2) is 0 Å². The minimum atomic E-state index is 0.730. The Hall–Kier alpha value is -1.66. The average molecular weight is 277 g/mol. The lowest BCUT2D eigenvalue weighted by Gasteiger charge is -2.03. The van der Waals surface area contributed by atoms with Gasteiger partial charge in [-0.2, -0.15) is 10.2 Å². The minimum absolute atomic E-state index is 0.730. The maximum absolute atomic E-state index is 5.01. The van der Waals surface area contributed by atoms with Gasteiger partial charge in [-0.3, -0.25) is 9.36 Å². The molecule has 0 fully saturated rings. The monoisotopic (exact) mass is 277 g/mol. The van der Waals surface area contributed by atoms with Gasteiger partial charge in [0.05, 0.1) is 12.3 Å². The molecule has 0 unspecified atom stereocenters. The van der Waals surface area contributed by atoms with Crippen molar-refractivity contribution < 1.29 is 4.74 Å². The molecule has 0 aliphatic carbocycles. The maximum Gasteiger partial charge on any atom is 0.0638 e. The Balaban J connectivity index is 1.85. The maximum atomic E-state index is 5.01. The number of methoxy groups -OCH3 is 1. The van der Waals surface area contributed by atoms with Crippen molar-refractivity contribution in [3.05, 3.63) is 35.4 Å². The summed E-state index contributed by atoms with van der Waals surface area (Å²) in [6.07, 6.45) is 4.88. The highest BCUT2D eigenvalue weighted by molar-refractivity contribution is 5.15. The van der Waals surface area contributed by atoms with Crippen LogP contribution in [-0.4, -0.2) is 39.8 Å². The van der Waals surface area contributed by atoms with E-state index < -0.39 is 0 Å². The predicted molar refractivity (Wildman–Crippen MR) is 77.5 cm³/mol. The summed E-state index contributed by atoms with van der Waals surface area (Å²) in [7, 11) is 3.68. The molecule has 20 heavy (non-hydrogen) atoms. The van der Waals surface area contributed by atoms with Gasteiger partial charge in [-0.05, 0) is 13.0 Å². The van der Waals surface area contributed by atoms with Crippen LogP contribution in [0.3, 0.4) is 0 Å². The molecule has 1 N–H and O–H groups in total. The first kappa shape index (κ1) is 14.7. The van der Waals surface area contributed by atoms with E-state index in [1.54, 1.807) is 7.11 Å². The van der Waals surface area contributed by atoms with E-state index in [4.69, 9.17) is 4.74 Å². The van der Waals surface area contributed by atoms with Crippen molar-refractivity contribution >= 4 is 0 Å². The van der Waals surface area contributed by atoms with Gasteiger partial charge in [-0.1, -0.05) is 0 Å². The molecule has 2 aromatic rings. The van der Waals surface area contributed by atoms with Crippen LogP contribution in [0.25, 0.3) is 0 Å². The number of hydrogen-bond acceptors (Lipinski definition) is 4. The van der Waals surface area contributed by atoms with Crippen LogP contribution in [0.15, 0.2) is 18.5 Å². The van der Waals surface area contributed by atoms with Crippen molar-refractivity contribution in [2.45, 2.75) is 26.4 Å². The van der Waals surface area contributed by atoms with Crippen LogP contribution in [0.5, 0.6) is 0 Å². The molecule has 0 radical (unpaired) electrons. The first-order valence-corrected chi connectivity index (χ1v) is 6.90. The van der Waals surface area contributed by atoms with Gasteiger partial charge in [0, 0.05) is 63.9 Å². The quantitative estimate of drug-likeness (QED) is 0.729. The molecule has 0 aliphatic heterocycles. The number of nitrogens with zero attached hydrogens (tertiary/aromatic N) is 4. The number of nitrogens with one attached hydrogen (secondary N) is 1. The summed E-state index contributed by atoms with van der Waals surface area (Å²) in [4.78, 5) is 0. The lowest BCUT2D eigenvalue weighted by Crippen LogP contribution is -2.18. The molecule has 0 amide bonds. The first-order valence-electron chi connectivity index (χ1n) is 6.90. The largest absolute Gasteiger partial charge is 0.383 e. The van der Waals surface area contributed by atoms with Gasteiger partial charge >= 0.3 is 0 Å². The number of aromatic nitrogens is 4. The molecule has 2 aromatic heterocycles. The van der Waals surface area contributed by atoms with E-state index in [9.17, 15) is 0 Å². The number of aryl methyl sites for hydroxylation is 4. The summed E-state index contributed by atoms with van der Waals surface area (Å²) >= 11 is 0. The van der Waals surface area contributed by atoms with E-state index in [-0.39, 0.29) is 0 Å². The first-order chi connectivity index (χ1) is 9.70. The van der Waals surface area contributed by atoms with Crippen molar-refractivity contribution in [2.24, 2.45) is 7.05 Å². The molecule has 0 atom stereocenters. The van der Waals surface area contributed by atoms with Crippen LogP contribution in [0.2, 0.25) is 0 Å². The third kappa shape index (κ3) is 3.91. The minimum Gasteiger partial charge on any atom is -0.383 e. The molecule has 6 nitrogen and oxygen atoms in total. The van der Waals surface area contributed by atoms with E-state index in [1.807, 2.05) is 35.6 Å². The molecule has 2 rings (SSSR count). The van der Waals surface area contributed by atoms with E-state index in [0.29, 0.717) is 0 Å². The van der Waals surface area contributed by atoms with Crippen LogP contribution in [0.4, 0.5) is 0 Å². The van der Waals surface area contributed by atoms with Crippen molar-refractivity contribution in [1.82, 2.24) is 24.9 Å². The topological polar surface area (TPSA) is 56.9 Å². The fraction of sp³-hybridized carbons (Fsp3) is 0.571. The van der Waals surface area contributed by atoms with Crippen LogP contribution >= 0.6 is 0 Å². The number of rotatable bonds is 8. The Kier molecular flexibility index (Phi) is 5.31. The number of ether oxygens (including phenoxy) is 1. The smallest absolute Gasteiger partial charge is 0.0638 e. The Labute approximate surface area is 119 Å². The Morgan fingerprint density at radius 1 is 1.40 bits per heavy atom. The third-order valence-corrected chi connectivity index (χ3v) is 3.37. The highest BCUT2D eigenvalue weighted by atomic mass is 16.5. The molecular weight excluding hydrogens is 254 g/mol. The second kappa shape index (κ2) is 7.21. The molecule has 6 heteroatoms. The van der Waals surface area contributed by atoms with Crippen LogP contribution < -0.4 is 5.32 Å². The second-order valence-corrected chi connectivity index (χ2v) is 4.87. The zero-order valence-electron chi connectivity index (χ0n) is 12.5. The van der Waals surface area contributed by atoms with Crippen molar-refractivity contribution in [1.29, 1.82) is 0 Å². The van der Waals surface area contributed by atoms with Crippen LogP contribution in [0.1, 0.15) is 17.0 Å². The molecule has 110 valence electrons. The molecule has 0 aliphatic rings. The lowest BCUT2D eigenvalue weighted by molar-refractivity contribution is 0.199. The second-order valence-electron chi connectivity index (χ2n) is 4.87. The van der Waals surface area contributed by atoms with E-state index in [1.165, 1.54) is 11.3 Å². The van der Waals surface area contributed by atoms with Gasteiger partial charge in [0.1, 0.15) is 0 Å². The van der Waals surface area contributed by atoms with Crippen LogP contribution in [-0.2, 0) is 31.3 Å². The summed E-state index contributed by atoms with van der Waals surface area (Å²) in [5, 5.41) is 12.1. The summed E-state index contributed by atoms with van der Waals surface area (Å²) in [5.41, 5.74) is 3.55. The van der Waals surface area contributed by atoms with Crippen molar-refractivity contribution in [3.63, 3.8) is 0 Å². The summed E-state index contributed by atoms with van der Waals surface area (Å²) in [6.45, 7) is 5.34. The normalized spacial score (nSPS) is 11.2. The zero-order valence-corrected chi connectivity index (χ0v) is 12.5. The Morgan fingerprint density at radius 2 is 2.25 bits per heavy atom. The number of hydrogen-bond donors (Lipinski definition) is 1. The predicted octanol–water partition coefficient (Wildman–Crippen LogP) is 0.904. The summed E-state index contributed by atoms with van der Waals surface area (Å²) < 4.78 is 8.93. The summed E-state index contributed by atoms with van der Waals surface area (Å²) in [5.74, 6) is 0. The van der Waals surface area contributed by atoms with E-state index in [2.05, 4.69) is 21.7 Å². The Bertz CT molecular complexity index is 531. The fourth-order valence-electron chi connectivity index (χ4n) is 2.12. The van der Waals surface area contributed by atoms with Gasteiger partial charge < -0.3 is 10.1 Å². The Morgan fingerprint density at radius 3 is 2.95 bits per heavy atom. The molecular formula is C14H23N5O. The van der Waals surface area contributed by atoms with Gasteiger partial charge in [0.15, 0.2) is 0 Å². The molecule has 0 bridgehead atoms. The van der Waals surface area contributed by atoms with Crippen molar-refractivity contribution in [3.8, 4) is 0 Å². The third-order valence-electron chi connectivity index (χ3n) is 3.37. The highest BCUT2D eigenvalue weighted by Gasteiger charge is 2.05. The highest BCUT2D eigenvalue weighted by Crippen LogP contribution is 2.07. The van der Waals surface area contributed by atoms with Crippen molar-refractivity contribution in [2.75, 3.05) is 20.3 Å². The lowest BCUT2D eigenvalue weighted by atomic mass is 10.2. The molecule has 0 saturated heterocycles. The molecule has 0 spiro atoms. The zero-order chi connectivity index (χ0) is 14.4.